The zero-order chi connectivity index (χ0) is 14.1. The van der Waals surface area contributed by atoms with Gasteiger partial charge < -0.3 is 0 Å². The molecular formula is C19H20STe. The van der Waals surface area contributed by atoms with Gasteiger partial charge in [0.25, 0.3) is 0 Å². The summed E-state index contributed by atoms with van der Waals surface area (Å²) in [4.78, 5) is 1.47. The van der Waals surface area contributed by atoms with Crippen LogP contribution in [0.15, 0.2) is 65.6 Å². The quantitative estimate of drug-likeness (QED) is 0.677. The topological polar surface area (TPSA) is 0 Å². The van der Waals surface area contributed by atoms with Gasteiger partial charge in [-0.05, 0) is 0 Å². The molecule has 0 unspecified atom stereocenters. The first kappa shape index (κ1) is 14.2. The summed E-state index contributed by atoms with van der Waals surface area (Å²) in [5.74, 6) is 2.01. The normalized spacial score (nSPS) is 30.7. The molecule has 0 radical (unpaired) electrons. The summed E-state index contributed by atoms with van der Waals surface area (Å²) in [5, 5.41) is 0.883. The second-order valence-corrected chi connectivity index (χ2v) is 10.9. The average Bonchev–Trinajstić information content (AvgIpc) is 3.13. The van der Waals surface area contributed by atoms with E-state index in [1.807, 2.05) is 0 Å². The van der Waals surface area contributed by atoms with Gasteiger partial charge in [-0.1, -0.05) is 0 Å². The molecule has 108 valence electrons. The summed E-state index contributed by atoms with van der Waals surface area (Å²) in [6.07, 6.45) is 4.49. The van der Waals surface area contributed by atoms with Crippen LogP contribution < -0.4 is 3.61 Å². The van der Waals surface area contributed by atoms with Gasteiger partial charge in [0.05, 0.1) is 0 Å². The molecule has 2 heteroatoms. The van der Waals surface area contributed by atoms with Crippen LogP contribution in [0.2, 0.25) is 3.97 Å². The minimum atomic E-state index is -0.0564. The van der Waals surface area contributed by atoms with Crippen LogP contribution in [0.4, 0.5) is 0 Å². The van der Waals surface area contributed by atoms with Crippen LogP contribution in [-0.2, 0) is 0 Å². The van der Waals surface area contributed by atoms with Crippen molar-refractivity contribution in [1.82, 2.24) is 0 Å². The number of rotatable bonds is 4. The molecule has 0 N–H and O–H groups in total. The van der Waals surface area contributed by atoms with Gasteiger partial charge in [-0.25, -0.2) is 0 Å². The molecule has 2 aliphatic rings. The van der Waals surface area contributed by atoms with Gasteiger partial charge in [-0.2, -0.15) is 0 Å². The van der Waals surface area contributed by atoms with Crippen molar-refractivity contribution in [2.24, 2.45) is 11.8 Å². The van der Waals surface area contributed by atoms with E-state index in [1.165, 1.54) is 24.2 Å². The SMILES string of the molecule is c1ccc(S[C@@H]2[C@H]3CC[C@H](C3)[C@@H]2[Te]c2ccccc2)cc1. The van der Waals surface area contributed by atoms with E-state index in [0.717, 1.165) is 21.1 Å². The molecule has 0 saturated heterocycles. The summed E-state index contributed by atoms with van der Waals surface area (Å²) in [7, 11) is 0. The standard InChI is InChI=1S/C19H20STe/c1-3-7-16(8-4-1)20-18-14-11-12-15(13-14)19(18)21-17-9-5-2-6-10-17/h1-10,14-15,18-19H,11-13H2/t14-,15+,18+,19-/m0/s1. The van der Waals surface area contributed by atoms with Crippen LogP contribution in [-0.4, -0.2) is 26.2 Å². The van der Waals surface area contributed by atoms with Crippen LogP contribution >= 0.6 is 11.8 Å². The third kappa shape index (κ3) is 3.04. The Hall–Kier alpha value is -0.420. The molecule has 2 saturated carbocycles. The van der Waals surface area contributed by atoms with Gasteiger partial charge in [0.15, 0.2) is 0 Å². The number of thioether (sulfide) groups is 1. The maximum atomic E-state index is 2.36. The molecule has 0 heterocycles. The first-order valence-corrected chi connectivity index (χ1v) is 11.2. The van der Waals surface area contributed by atoms with E-state index in [-0.39, 0.29) is 20.9 Å². The summed E-state index contributed by atoms with van der Waals surface area (Å²) in [5.41, 5.74) is 0. The number of fused-ring (bicyclic) bond motifs is 2. The molecule has 2 aromatic carbocycles. The average molecular weight is 408 g/mol. The predicted octanol–water partition coefficient (Wildman–Crippen LogP) is 4.40. The Morgan fingerprint density at radius 3 is 2.24 bits per heavy atom. The molecule has 2 aromatic rings. The molecule has 0 amide bonds. The molecule has 21 heavy (non-hydrogen) atoms. The van der Waals surface area contributed by atoms with E-state index in [1.54, 1.807) is 3.61 Å². The van der Waals surface area contributed by atoms with Gasteiger partial charge in [0.2, 0.25) is 0 Å². The molecule has 2 fully saturated rings. The van der Waals surface area contributed by atoms with Gasteiger partial charge >= 0.3 is 142 Å². The van der Waals surface area contributed by atoms with Crippen LogP contribution in [0.5, 0.6) is 0 Å². The van der Waals surface area contributed by atoms with Gasteiger partial charge in [-0.3, -0.25) is 0 Å². The molecule has 0 aromatic heterocycles. The molecule has 4 atom stereocenters. The third-order valence-corrected chi connectivity index (χ3v) is 11.1. The minimum absolute atomic E-state index is 0.0564. The Morgan fingerprint density at radius 1 is 0.810 bits per heavy atom. The summed E-state index contributed by atoms with van der Waals surface area (Å²) < 4.78 is 2.65. The van der Waals surface area contributed by atoms with Gasteiger partial charge in [-0.15, -0.1) is 0 Å². The number of hydrogen-bond acceptors (Lipinski definition) is 1. The Labute approximate surface area is 141 Å². The summed E-state index contributed by atoms with van der Waals surface area (Å²) >= 11 is 2.12. The van der Waals surface area contributed by atoms with E-state index in [2.05, 4.69) is 72.4 Å². The van der Waals surface area contributed by atoms with Crippen LogP contribution in [0.1, 0.15) is 19.3 Å². The van der Waals surface area contributed by atoms with Crippen LogP contribution in [0, 0.1) is 11.8 Å². The van der Waals surface area contributed by atoms with Crippen molar-refractivity contribution in [3.8, 4) is 0 Å². The zero-order valence-corrected chi connectivity index (χ0v) is 15.2. The van der Waals surface area contributed by atoms with Crippen molar-refractivity contribution in [3.05, 3.63) is 60.7 Å². The predicted molar refractivity (Wildman–Crippen MR) is 92.5 cm³/mol. The Morgan fingerprint density at radius 2 is 1.48 bits per heavy atom. The fourth-order valence-corrected chi connectivity index (χ4v) is 10.2. The third-order valence-electron chi connectivity index (χ3n) is 4.80. The molecule has 2 bridgehead atoms. The summed E-state index contributed by atoms with van der Waals surface area (Å²) in [6, 6.07) is 22.4. The zero-order valence-electron chi connectivity index (χ0n) is 12.0. The maximum absolute atomic E-state index is 2.36. The van der Waals surface area contributed by atoms with Crippen molar-refractivity contribution in [2.75, 3.05) is 0 Å². The molecular weight excluding hydrogens is 388 g/mol. The van der Waals surface area contributed by atoms with Gasteiger partial charge in [0, 0.05) is 0 Å². The van der Waals surface area contributed by atoms with Crippen LogP contribution in [0.3, 0.4) is 0 Å². The Bertz CT molecular complexity index is 530. The van der Waals surface area contributed by atoms with E-state index in [4.69, 9.17) is 0 Å². The van der Waals surface area contributed by atoms with Crippen molar-refractivity contribution < 1.29 is 0 Å². The first-order chi connectivity index (χ1) is 10.4. The van der Waals surface area contributed by atoms with Crippen molar-refractivity contribution in [3.63, 3.8) is 0 Å². The molecule has 0 nitrogen and oxygen atoms in total. The number of hydrogen-bond donors (Lipinski definition) is 0. The second kappa shape index (κ2) is 6.37. The fourth-order valence-electron chi connectivity index (χ4n) is 3.82. The summed E-state index contributed by atoms with van der Waals surface area (Å²) in [6.45, 7) is 0. The number of benzene rings is 2. The molecule has 0 spiro atoms. The molecule has 0 aliphatic heterocycles. The second-order valence-electron chi connectivity index (χ2n) is 6.12. The first-order valence-electron chi connectivity index (χ1n) is 7.83. The van der Waals surface area contributed by atoms with Crippen molar-refractivity contribution in [2.45, 2.75) is 33.4 Å². The van der Waals surface area contributed by atoms with E-state index in [9.17, 15) is 0 Å². The Kier molecular flexibility index (Phi) is 4.30. The van der Waals surface area contributed by atoms with Crippen molar-refractivity contribution >= 4 is 36.3 Å². The van der Waals surface area contributed by atoms with E-state index in [0.29, 0.717) is 0 Å². The van der Waals surface area contributed by atoms with E-state index >= 15 is 0 Å². The molecule has 4 rings (SSSR count). The fraction of sp³-hybridized carbons (Fsp3) is 0.368. The Balaban J connectivity index is 1.53. The van der Waals surface area contributed by atoms with E-state index < -0.39 is 0 Å². The van der Waals surface area contributed by atoms with Gasteiger partial charge in [0.1, 0.15) is 0 Å². The van der Waals surface area contributed by atoms with Crippen molar-refractivity contribution in [1.29, 1.82) is 0 Å². The molecule has 2 aliphatic carbocycles. The van der Waals surface area contributed by atoms with Crippen LogP contribution in [0.25, 0.3) is 0 Å². The monoisotopic (exact) mass is 410 g/mol.